The molecular formula is C15H16F2N2. The van der Waals surface area contributed by atoms with Gasteiger partial charge in [0.25, 0.3) is 0 Å². The zero-order valence-corrected chi connectivity index (χ0v) is 10.7. The molecule has 19 heavy (non-hydrogen) atoms. The Kier molecular flexibility index (Phi) is 4.00. The molecule has 4 heteroatoms. The summed E-state index contributed by atoms with van der Waals surface area (Å²) in [5.41, 5.74) is 8.74. The zero-order chi connectivity index (χ0) is 13.8. The zero-order valence-electron chi connectivity index (χ0n) is 10.7. The number of hydrogen-bond acceptors (Lipinski definition) is 2. The second-order valence-corrected chi connectivity index (χ2v) is 4.50. The highest BCUT2D eigenvalue weighted by Gasteiger charge is 2.04. The van der Waals surface area contributed by atoms with Crippen molar-refractivity contribution in [3.8, 4) is 0 Å². The van der Waals surface area contributed by atoms with Crippen LogP contribution < -0.4 is 11.1 Å². The summed E-state index contributed by atoms with van der Waals surface area (Å²) in [6.07, 6.45) is 0.400. The summed E-state index contributed by atoms with van der Waals surface area (Å²) < 4.78 is 26.4. The van der Waals surface area contributed by atoms with E-state index in [1.807, 2.05) is 25.1 Å². The largest absolute Gasteiger partial charge is 0.397 e. The molecule has 0 fully saturated rings. The fraction of sp³-hybridized carbons (Fsp3) is 0.200. The third kappa shape index (κ3) is 3.44. The Morgan fingerprint density at radius 1 is 1.11 bits per heavy atom. The summed E-state index contributed by atoms with van der Waals surface area (Å²) in [5, 5.41) is 3.13. The van der Waals surface area contributed by atoms with Gasteiger partial charge in [-0.1, -0.05) is 6.07 Å². The molecule has 0 bridgehead atoms. The van der Waals surface area contributed by atoms with Crippen LogP contribution in [0.2, 0.25) is 0 Å². The lowest BCUT2D eigenvalue weighted by molar-refractivity contribution is 0.586. The molecule has 3 N–H and O–H groups in total. The van der Waals surface area contributed by atoms with Crippen molar-refractivity contribution in [3.05, 3.63) is 59.2 Å². The maximum absolute atomic E-state index is 13.4. The average molecular weight is 262 g/mol. The maximum Gasteiger partial charge on any atom is 0.126 e. The highest BCUT2D eigenvalue weighted by atomic mass is 19.1. The van der Waals surface area contributed by atoms with Crippen LogP contribution in [-0.4, -0.2) is 6.54 Å². The van der Waals surface area contributed by atoms with E-state index >= 15 is 0 Å². The molecule has 0 aliphatic heterocycles. The Morgan fingerprint density at radius 2 is 1.89 bits per heavy atom. The van der Waals surface area contributed by atoms with Crippen molar-refractivity contribution in [1.82, 2.24) is 0 Å². The molecule has 2 rings (SSSR count). The van der Waals surface area contributed by atoms with E-state index in [4.69, 9.17) is 5.73 Å². The van der Waals surface area contributed by atoms with Crippen LogP contribution in [0.1, 0.15) is 11.1 Å². The average Bonchev–Trinajstić information content (AvgIpc) is 2.38. The molecule has 0 saturated carbocycles. The van der Waals surface area contributed by atoms with Crippen molar-refractivity contribution in [2.75, 3.05) is 17.6 Å². The SMILES string of the molecule is Cc1ccc(N)c(NCCc2cc(F)ccc2F)c1. The lowest BCUT2D eigenvalue weighted by Crippen LogP contribution is -2.08. The van der Waals surface area contributed by atoms with E-state index in [-0.39, 0.29) is 5.82 Å². The topological polar surface area (TPSA) is 38.0 Å². The van der Waals surface area contributed by atoms with Crippen molar-refractivity contribution in [1.29, 1.82) is 0 Å². The van der Waals surface area contributed by atoms with Gasteiger partial charge in [-0.25, -0.2) is 8.78 Å². The minimum atomic E-state index is -0.425. The van der Waals surface area contributed by atoms with Crippen molar-refractivity contribution in [2.24, 2.45) is 0 Å². The molecule has 0 aliphatic rings. The predicted octanol–water partition coefficient (Wildman–Crippen LogP) is 3.51. The standard InChI is InChI=1S/C15H16F2N2/c1-10-2-5-14(18)15(8-10)19-7-6-11-9-12(16)3-4-13(11)17/h2-5,8-9,19H,6-7,18H2,1H3. The fourth-order valence-electron chi connectivity index (χ4n) is 1.89. The first-order valence-electron chi connectivity index (χ1n) is 6.10. The van der Waals surface area contributed by atoms with Gasteiger partial charge in [0, 0.05) is 6.54 Å². The van der Waals surface area contributed by atoms with Crippen LogP contribution in [0, 0.1) is 18.6 Å². The third-order valence-corrected chi connectivity index (χ3v) is 2.93. The van der Waals surface area contributed by atoms with Gasteiger partial charge in [0.05, 0.1) is 11.4 Å². The van der Waals surface area contributed by atoms with Crippen molar-refractivity contribution in [2.45, 2.75) is 13.3 Å². The van der Waals surface area contributed by atoms with Gasteiger partial charge in [-0.3, -0.25) is 0 Å². The third-order valence-electron chi connectivity index (χ3n) is 2.93. The first-order valence-corrected chi connectivity index (χ1v) is 6.10. The Balaban J connectivity index is 2.00. The molecule has 0 unspecified atom stereocenters. The number of rotatable bonds is 4. The number of halogens is 2. The van der Waals surface area contributed by atoms with E-state index in [2.05, 4.69) is 5.32 Å². The van der Waals surface area contributed by atoms with Crippen LogP contribution in [-0.2, 0) is 6.42 Å². The van der Waals surface area contributed by atoms with Gasteiger partial charge in [-0.15, -0.1) is 0 Å². The Morgan fingerprint density at radius 3 is 2.68 bits per heavy atom. The van der Waals surface area contributed by atoms with E-state index in [1.165, 1.54) is 6.07 Å². The predicted molar refractivity (Wildman–Crippen MR) is 74.1 cm³/mol. The van der Waals surface area contributed by atoms with Gasteiger partial charge >= 0.3 is 0 Å². The minimum Gasteiger partial charge on any atom is -0.397 e. The first kappa shape index (κ1) is 13.3. The summed E-state index contributed by atoms with van der Waals surface area (Å²) in [4.78, 5) is 0. The van der Waals surface area contributed by atoms with Crippen LogP contribution >= 0.6 is 0 Å². The Bertz CT molecular complexity index is 531. The van der Waals surface area contributed by atoms with E-state index < -0.39 is 5.82 Å². The highest BCUT2D eigenvalue weighted by Crippen LogP contribution is 2.19. The van der Waals surface area contributed by atoms with E-state index in [0.717, 1.165) is 23.4 Å². The summed E-state index contributed by atoms with van der Waals surface area (Å²) in [7, 11) is 0. The summed E-state index contributed by atoms with van der Waals surface area (Å²) >= 11 is 0. The highest BCUT2D eigenvalue weighted by molar-refractivity contribution is 5.66. The van der Waals surface area contributed by atoms with Crippen LogP contribution in [0.5, 0.6) is 0 Å². The Hall–Kier alpha value is -2.10. The lowest BCUT2D eigenvalue weighted by atomic mass is 10.1. The van der Waals surface area contributed by atoms with Gasteiger partial charge in [0.15, 0.2) is 0 Å². The molecule has 0 atom stereocenters. The number of hydrogen-bond donors (Lipinski definition) is 2. The van der Waals surface area contributed by atoms with Gasteiger partial charge < -0.3 is 11.1 Å². The lowest BCUT2D eigenvalue weighted by Gasteiger charge is -2.10. The number of benzene rings is 2. The van der Waals surface area contributed by atoms with E-state index in [0.29, 0.717) is 24.2 Å². The fourth-order valence-corrected chi connectivity index (χ4v) is 1.89. The van der Waals surface area contributed by atoms with Gasteiger partial charge in [-0.2, -0.15) is 0 Å². The summed E-state index contributed by atoms with van der Waals surface area (Å²) in [6.45, 7) is 2.46. The van der Waals surface area contributed by atoms with Crippen LogP contribution in [0.4, 0.5) is 20.2 Å². The van der Waals surface area contributed by atoms with E-state index in [1.54, 1.807) is 0 Å². The van der Waals surface area contributed by atoms with Gasteiger partial charge in [-0.05, 0) is 54.8 Å². The van der Waals surface area contributed by atoms with Crippen molar-refractivity contribution >= 4 is 11.4 Å². The number of nitrogens with one attached hydrogen (secondary N) is 1. The second kappa shape index (κ2) is 5.69. The molecular weight excluding hydrogens is 246 g/mol. The molecule has 0 aliphatic carbocycles. The van der Waals surface area contributed by atoms with E-state index in [9.17, 15) is 8.78 Å². The molecule has 0 spiro atoms. The molecule has 2 nitrogen and oxygen atoms in total. The van der Waals surface area contributed by atoms with Crippen molar-refractivity contribution < 1.29 is 8.78 Å². The van der Waals surface area contributed by atoms with Gasteiger partial charge in [0.2, 0.25) is 0 Å². The molecule has 0 amide bonds. The first-order chi connectivity index (χ1) is 9.06. The number of nitrogen functional groups attached to an aromatic ring is 1. The molecule has 0 heterocycles. The number of anilines is 2. The summed E-state index contributed by atoms with van der Waals surface area (Å²) in [6, 6.07) is 9.15. The van der Waals surface area contributed by atoms with Crippen LogP contribution in [0.15, 0.2) is 36.4 Å². The molecule has 2 aromatic rings. The van der Waals surface area contributed by atoms with Gasteiger partial charge in [0.1, 0.15) is 11.6 Å². The second-order valence-electron chi connectivity index (χ2n) is 4.50. The van der Waals surface area contributed by atoms with Crippen LogP contribution in [0.25, 0.3) is 0 Å². The number of aryl methyl sites for hydroxylation is 1. The maximum atomic E-state index is 13.4. The molecule has 0 aromatic heterocycles. The smallest absolute Gasteiger partial charge is 0.126 e. The molecule has 100 valence electrons. The minimum absolute atomic E-state index is 0.360. The summed E-state index contributed by atoms with van der Waals surface area (Å²) in [5.74, 6) is -0.813. The quantitative estimate of drug-likeness (QED) is 0.827. The monoisotopic (exact) mass is 262 g/mol. The molecule has 0 saturated heterocycles. The normalized spacial score (nSPS) is 10.5. The molecule has 0 radical (unpaired) electrons. The Labute approximate surface area is 111 Å². The van der Waals surface area contributed by atoms with Crippen molar-refractivity contribution in [3.63, 3.8) is 0 Å². The number of nitrogens with two attached hydrogens (primary N) is 1. The molecule has 2 aromatic carbocycles. The van der Waals surface area contributed by atoms with Crippen LogP contribution in [0.3, 0.4) is 0 Å².